The highest BCUT2D eigenvalue weighted by molar-refractivity contribution is 8.00. The minimum absolute atomic E-state index is 0.0606. The van der Waals surface area contributed by atoms with Crippen LogP contribution < -0.4 is 21.7 Å². The number of amides is 2. The van der Waals surface area contributed by atoms with Gasteiger partial charge < -0.3 is 16.4 Å². The molecule has 118 valence electrons. The fourth-order valence-electron chi connectivity index (χ4n) is 1.97. The lowest BCUT2D eigenvalue weighted by molar-refractivity contribution is -0.123. The maximum Gasteiger partial charge on any atom is 0.224 e. The molecule has 1 aliphatic rings. The van der Waals surface area contributed by atoms with Gasteiger partial charge in [0.2, 0.25) is 11.8 Å². The first kappa shape index (κ1) is 16.5. The van der Waals surface area contributed by atoms with Crippen LogP contribution in [0, 0.1) is 0 Å². The highest BCUT2D eigenvalue weighted by atomic mass is 32.2. The second kappa shape index (κ2) is 7.39. The number of nitrogens with two attached hydrogens (primary N) is 1. The Balaban J connectivity index is 1.86. The van der Waals surface area contributed by atoms with Gasteiger partial charge >= 0.3 is 0 Å². The van der Waals surface area contributed by atoms with Gasteiger partial charge in [-0.05, 0) is 24.3 Å². The molecule has 0 radical (unpaired) electrons. The minimum atomic E-state index is -0.390. The van der Waals surface area contributed by atoms with E-state index in [1.807, 2.05) is 0 Å². The third-order valence-corrected chi connectivity index (χ3v) is 3.99. The minimum Gasteiger partial charge on any atom is -0.332 e. The summed E-state index contributed by atoms with van der Waals surface area (Å²) in [6.45, 7) is 1.42. The lowest BCUT2D eigenvalue weighted by Crippen LogP contribution is -2.58. The number of benzene rings is 1. The SMILES string of the molecule is CC(=O)Nc1ccc(C(=O)CSC2NC(=O)CC(N)N2)cc1. The van der Waals surface area contributed by atoms with Crippen molar-refractivity contribution < 1.29 is 14.4 Å². The number of hydrogen-bond donors (Lipinski definition) is 4. The lowest BCUT2D eigenvalue weighted by Gasteiger charge is -2.28. The number of Topliss-reactive ketones (excluding diaryl/α,β-unsaturated/α-hetero) is 1. The molecule has 0 aliphatic carbocycles. The quantitative estimate of drug-likeness (QED) is 0.578. The van der Waals surface area contributed by atoms with E-state index in [0.717, 1.165) is 0 Å². The van der Waals surface area contributed by atoms with Crippen molar-refractivity contribution in [2.45, 2.75) is 25.0 Å². The Labute approximate surface area is 132 Å². The van der Waals surface area contributed by atoms with Crippen molar-refractivity contribution in [3.8, 4) is 0 Å². The first-order chi connectivity index (χ1) is 10.4. The van der Waals surface area contributed by atoms with Crippen LogP contribution in [0.5, 0.6) is 0 Å². The summed E-state index contributed by atoms with van der Waals surface area (Å²) in [6, 6.07) is 6.67. The van der Waals surface area contributed by atoms with E-state index in [9.17, 15) is 14.4 Å². The first-order valence-electron chi connectivity index (χ1n) is 6.77. The number of anilines is 1. The molecule has 1 aromatic carbocycles. The first-order valence-corrected chi connectivity index (χ1v) is 7.82. The summed E-state index contributed by atoms with van der Waals surface area (Å²) in [5, 5.41) is 8.35. The van der Waals surface area contributed by atoms with E-state index in [0.29, 0.717) is 11.3 Å². The van der Waals surface area contributed by atoms with E-state index in [1.165, 1.54) is 18.7 Å². The third-order valence-electron chi connectivity index (χ3n) is 2.97. The van der Waals surface area contributed by atoms with Crippen LogP contribution in [0.15, 0.2) is 24.3 Å². The average Bonchev–Trinajstić information content (AvgIpc) is 2.44. The molecule has 0 aromatic heterocycles. The smallest absolute Gasteiger partial charge is 0.224 e. The van der Waals surface area contributed by atoms with Gasteiger partial charge in [-0.15, -0.1) is 11.8 Å². The summed E-state index contributed by atoms with van der Waals surface area (Å²) >= 11 is 1.28. The summed E-state index contributed by atoms with van der Waals surface area (Å²) in [7, 11) is 0. The van der Waals surface area contributed by atoms with Crippen LogP contribution >= 0.6 is 11.8 Å². The number of thioether (sulfide) groups is 1. The molecule has 1 aliphatic heterocycles. The average molecular weight is 322 g/mol. The molecule has 0 saturated carbocycles. The van der Waals surface area contributed by atoms with E-state index < -0.39 is 6.17 Å². The number of carbonyl (C=O) groups excluding carboxylic acids is 3. The number of hydrogen-bond acceptors (Lipinski definition) is 6. The highest BCUT2D eigenvalue weighted by Crippen LogP contribution is 2.15. The lowest BCUT2D eigenvalue weighted by atomic mass is 10.1. The molecule has 2 amide bonds. The Hall–Kier alpha value is -1.90. The molecule has 22 heavy (non-hydrogen) atoms. The summed E-state index contributed by atoms with van der Waals surface area (Å²) in [5.41, 5.74) is 6.51. The second-order valence-electron chi connectivity index (χ2n) is 4.92. The molecule has 1 aromatic rings. The van der Waals surface area contributed by atoms with Gasteiger partial charge in [0.25, 0.3) is 0 Å². The monoisotopic (exact) mass is 322 g/mol. The molecule has 2 unspecified atom stereocenters. The van der Waals surface area contributed by atoms with Crippen LogP contribution in [0.1, 0.15) is 23.7 Å². The molecule has 7 nitrogen and oxygen atoms in total. The standard InChI is InChI=1S/C14H18N4O3S/c1-8(19)16-10-4-2-9(3-5-10)11(20)7-22-14-17-12(15)6-13(21)18-14/h2-5,12,14,17H,6-7,15H2,1H3,(H,16,19)(H,18,21). The Morgan fingerprint density at radius 1 is 1.36 bits per heavy atom. The van der Waals surface area contributed by atoms with E-state index in [4.69, 9.17) is 5.73 Å². The molecule has 1 heterocycles. The maximum atomic E-state index is 12.1. The zero-order valence-corrected chi connectivity index (χ0v) is 12.9. The molecule has 2 rings (SSSR count). The van der Waals surface area contributed by atoms with E-state index in [1.54, 1.807) is 24.3 Å². The normalized spacial score (nSPS) is 21.1. The second-order valence-corrected chi connectivity index (χ2v) is 6.01. The zero-order chi connectivity index (χ0) is 16.1. The van der Waals surface area contributed by atoms with Gasteiger partial charge in [-0.25, -0.2) is 0 Å². The van der Waals surface area contributed by atoms with Gasteiger partial charge in [0.05, 0.1) is 18.3 Å². The van der Waals surface area contributed by atoms with E-state index in [-0.39, 0.29) is 35.3 Å². The Morgan fingerprint density at radius 3 is 2.64 bits per heavy atom. The topological polar surface area (TPSA) is 113 Å². The van der Waals surface area contributed by atoms with E-state index in [2.05, 4.69) is 16.0 Å². The van der Waals surface area contributed by atoms with Crippen LogP contribution in [0.2, 0.25) is 0 Å². The van der Waals surface area contributed by atoms with Crippen LogP contribution in [-0.2, 0) is 9.59 Å². The molecule has 0 spiro atoms. The highest BCUT2D eigenvalue weighted by Gasteiger charge is 2.23. The van der Waals surface area contributed by atoms with Crippen molar-refractivity contribution in [3.05, 3.63) is 29.8 Å². The molecular formula is C14H18N4O3S. The molecule has 0 bridgehead atoms. The van der Waals surface area contributed by atoms with Gasteiger partial charge in [-0.1, -0.05) is 0 Å². The van der Waals surface area contributed by atoms with Crippen LogP contribution in [0.25, 0.3) is 0 Å². The molecule has 1 saturated heterocycles. The Bertz CT molecular complexity index is 576. The van der Waals surface area contributed by atoms with Crippen molar-refractivity contribution in [1.82, 2.24) is 10.6 Å². The van der Waals surface area contributed by atoms with Gasteiger partial charge in [-0.2, -0.15) is 0 Å². The van der Waals surface area contributed by atoms with Crippen LogP contribution in [-0.4, -0.2) is 35.0 Å². The van der Waals surface area contributed by atoms with Crippen molar-refractivity contribution in [1.29, 1.82) is 0 Å². The summed E-state index contributed by atoms with van der Waals surface area (Å²) in [6.07, 6.45) is -0.159. The predicted molar refractivity (Wildman–Crippen MR) is 85.2 cm³/mol. The molecule has 8 heteroatoms. The Morgan fingerprint density at radius 2 is 2.05 bits per heavy atom. The summed E-state index contributed by atoms with van der Waals surface area (Å²) in [4.78, 5) is 34.4. The van der Waals surface area contributed by atoms with Gasteiger partial charge in [0, 0.05) is 18.2 Å². The van der Waals surface area contributed by atoms with Crippen molar-refractivity contribution in [3.63, 3.8) is 0 Å². The summed E-state index contributed by atoms with van der Waals surface area (Å²) in [5.74, 6) is -0.139. The maximum absolute atomic E-state index is 12.1. The predicted octanol–water partition coefficient (Wildman–Crippen LogP) is 0.239. The van der Waals surface area contributed by atoms with Gasteiger partial charge in [-0.3, -0.25) is 19.7 Å². The number of ketones is 1. The molecule has 5 N–H and O–H groups in total. The van der Waals surface area contributed by atoms with Crippen LogP contribution in [0.4, 0.5) is 5.69 Å². The number of carbonyl (C=O) groups is 3. The molecule has 1 fully saturated rings. The fourth-order valence-corrected chi connectivity index (χ4v) is 2.95. The van der Waals surface area contributed by atoms with Crippen molar-refractivity contribution >= 4 is 35.0 Å². The van der Waals surface area contributed by atoms with Crippen LogP contribution in [0.3, 0.4) is 0 Å². The number of rotatable bonds is 5. The van der Waals surface area contributed by atoms with Gasteiger partial charge in [0.15, 0.2) is 5.78 Å². The third kappa shape index (κ3) is 4.83. The fraction of sp³-hybridized carbons (Fsp3) is 0.357. The number of nitrogens with one attached hydrogen (secondary N) is 3. The van der Waals surface area contributed by atoms with Gasteiger partial charge in [0.1, 0.15) is 5.50 Å². The molecular weight excluding hydrogens is 304 g/mol. The Kier molecular flexibility index (Phi) is 5.53. The van der Waals surface area contributed by atoms with Crippen molar-refractivity contribution in [2.24, 2.45) is 5.73 Å². The van der Waals surface area contributed by atoms with Crippen molar-refractivity contribution in [2.75, 3.05) is 11.1 Å². The van der Waals surface area contributed by atoms with E-state index >= 15 is 0 Å². The molecule has 2 atom stereocenters. The summed E-state index contributed by atoms with van der Waals surface area (Å²) < 4.78 is 0. The largest absolute Gasteiger partial charge is 0.332 e. The zero-order valence-electron chi connectivity index (χ0n) is 12.1.